The standard InChI is InChI=1S/C19H16O3/c1-2-6-12(11-20)13-9-5-10-16-17(13)19(22)15-8-4-3-7-14(15)18(16)21/h3-5,7-12H,2,6H2,1H3. The van der Waals surface area contributed by atoms with Gasteiger partial charge in [0.25, 0.3) is 0 Å². The molecule has 1 aliphatic carbocycles. The SMILES string of the molecule is CCCC(C=O)c1cccc2c1C(=O)c1ccccc1C2=O. The van der Waals surface area contributed by atoms with E-state index in [1.165, 1.54) is 0 Å². The predicted octanol–water partition coefficient (Wildman–Crippen LogP) is 3.54. The van der Waals surface area contributed by atoms with Crippen LogP contribution in [0.1, 0.15) is 63.1 Å². The molecule has 3 rings (SSSR count). The summed E-state index contributed by atoms with van der Waals surface area (Å²) in [6.07, 6.45) is 2.38. The highest BCUT2D eigenvalue weighted by molar-refractivity contribution is 6.29. The minimum absolute atomic E-state index is 0.145. The fourth-order valence-electron chi connectivity index (χ4n) is 3.09. The first-order valence-corrected chi connectivity index (χ1v) is 7.45. The molecule has 0 N–H and O–H groups in total. The van der Waals surface area contributed by atoms with Gasteiger partial charge in [0.05, 0.1) is 0 Å². The number of rotatable bonds is 4. The van der Waals surface area contributed by atoms with E-state index in [2.05, 4.69) is 0 Å². The molecule has 0 saturated carbocycles. The van der Waals surface area contributed by atoms with Gasteiger partial charge in [-0.05, 0) is 12.0 Å². The summed E-state index contributed by atoms with van der Waals surface area (Å²) in [7, 11) is 0. The summed E-state index contributed by atoms with van der Waals surface area (Å²) in [4.78, 5) is 36.9. The lowest BCUT2D eigenvalue weighted by atomic mass is 9.78. The first-order valence-electron chi connectivity index (χ1n) is 7.45. The van der Waals surface area contributed by atoms with Crippen molar-refractivity contribution in [2.24, 2.45) is 0 Å². The lowest BCUT2D eigenvalue weighted by Gasteiger charge is -2.22. The maximum atomic E-state index is 12.8. The quantitative estimate of drug-likeness (QED) is 0.691. The summed E-state index contributed by atoms with van der Waals surface area (Å²) in [5.41, 5.74) is 2.34. The van der Waals surface area contributed by atoms with Gasteiger partial charge in [0.2, 0.25) is 0 Å². The molecule has 2 aromatic rings. The summed E-state index contributed by atoms with van der Waals surface area (Å²) in [6.45, 7) is 1.99. The van der Waals surface area contributed by atoms with Crippen molar-refractivity contribution in [2.75, 3.05) is 0 Å². The van der Waals surface area contributed by atoms with E-state index in [4.69, 9.17) is 0 Å². The van der Waals surface area contributed by atoms with Crippen molar-refractivity contribution in [2.45, 2.75) is 25.7 Å². The lowest BCUT2D eigenvalue weighted by Crippen LogP contribution is -2.23. The Morgan fingerprint density at radius 3 is 2.18 bits per heavy atom. The highest BCUT2D eigenvalue weighted by Crippen LogP contribution is 2.33. The Morgan fingerprint density at radius 2 is 1.55 bits per heavy atom. The molecule has 1 aliphatic rings. The van der Waals surface area contributed by atoms with Crippen LogP contribution in [-0.2, 0) is 4.79 Å². The molecule has 1 unspecified atom stereocenters. The molecule has 0 aromatic heterocycles. The third-order valence-corrected chi connectivity index (χ3v) is 4.15. The van der Waals surface area contributed by atoms with E-state index in [1.807, 2.05) is 6.92 Å². The van der Waals surface area contributed by atoms with Crippen molar-refractivity contribution in [3.05, 3.63) is 70.3 Å². The van der Waals surface area contributed by atoms with E-state index in [0.717, 1.165) is 12.7 Å². The molecule has 2 aromatic carbocycles. The van der Waals surface area contributed by atoms with E-state index in [-0.39, 0.29) is 17.5 Å². The van der Waals surface area contributed by atoms with Gasteiger partial charge in [-0.15, -0.1) is 0 Å². The van der Waals surface area contributed by atoms with Crippen molar-refractivity contribution < 1.29 is 14.4 Å². The zero-order valence-corrected chi connectivity index (χ0v) is 12.3. The average molecular weight is 292 g/mol. The molecule has 22 heavy (non-hydrogen) atoms. The Bertz CT molecular complexity index is 774. The highest BCUT2D eigenvalue weighted by atomic mass is 16.1. The number of ketones is 2. The van der Waals surface area contributed by atoms with Gasteiger partial charge in [-0.3, -0.25) is 9.59 Å². The second kappa shape index (κ2) is 5.68. The summed E-state index contributed by atoms with van der Waals surface area (Å²) in [5.74, 6) is -0.654. The maximum Gasteiger partial charge on any atom is 0.194 e. The van der Waals surface area contributed by atoms with Gasteiger partial charge in [-0.2, -0.15) is 0 Å². The Labute approximate surface area is 129 Å². The van der Waals surface area contributed by atoms with Gasteiger partial charge in [-0.25, -0.2) is 0 Å². The topological polar surface area (TPSA) is 51.2 Å². The maximum absolute atomic E-state index is 12.8. The van der Waals surface area contributed by atoms with Crippen LogP contribution in [0.5, 0.6) is 0 Å². The molecule has 0 fully saturated rings. The van der Waals surface area contributed by atoms with Gasteiger partial charge >= 0.3 is 0 Å². The molecule has 1 atom stereocenters. The van der Waals surface area contributed by atoms with Gasteiger partial charge < -0.3 is 4.79 Å². The fourth-order valence-corrected chi connectivity index (χ4v) is 3.09. The smallest absolute Gasteiger partial charge is 0.194 e. The summed E-state index contributed by atoms with van der Waals surface area (Å²) >= 11 is 0. The third-order valence-electron chi connectivity index (χ3n) is 4.15. The van der Waals surface area contributed by atoms with E-state index in [0.29, 0.717) is 34.2 Å². The number of benzene rings is 2. The molecule has 0 spiro atoms. The highest BCUT2D eigenvalue weighted by Gasteiger charge is 2.32. The Hall–Kier alpha value is -2.55. The number of carbonyl (C=O) groups is 3. The Balaban J connectivity index is 2.23. The van der Waals surface area contributed by atoms with Gasteiger partial charge in [0.15, 0.2) is 11.6 Å². The first-order chi connectivity index (χ1) is 10.7. The van der Waals surface area contributed by atoms with Crippen LogP contribution in [0.15, 0.2) is 42.5 Å². The second-order valence-corrected chi connectivity index (χ2v) is 5.50. The number of carbonyl (C=O) groups excluding carboxylic acids is 3. The molecule has 0 heterocycles. The normalized spacial score (nSPS) is 14.2. The molecule has 3 nitrogen and oxygen atoms in total. The molecular weight excluding hydrogens is 276 g/mol. The van der Waals surface area contributed by atoms with Gasteiger partial charge in [-0.1, -0.05) is 55.8 Å². The predicted molar refractivity (Wildman–Crippen MR) is 83.5 cm³/mol. The monoisotopic (exact) mass is 292 g/mol. The van der Waals surface area contributed by atoms with Gasteiger partial charge in [0, 0.05) is 28.2 Å². The fraction of sp³-hybridized carbons (Fsp3) is 0.211. The van der Waals surface area contributed by atoms with Crippen molar-refractivity contribution in [1.82, 2.24) is 0 Å². The second-order valence-electron chi connectivity index (χ2n) is 5.50. The number of aldehydes is 1. The van der Waals surface area contributed by atoms with Crippen LogP contribution in [-0.4, -0.2) is 17.9 Å². The Morgan fingerprint density at radius 1 is 0.909 bits per heavy atom. The minimum Gasteiger partial charge on any atom is -0.303 e. The number of hydrogen-bond donors (Lipinski definition) is 0. The molecule has 0 aliphatic heterocycles. The van der Waals surface area contributed by atoms with E-state index in [9.17, 15) is 14.4 Å². The van der Waals surface area contributed by atoms with Crippen molar-refractivity contribution in [3.63, 3.8) is 0 Å². The van der Waals surface area contributed by atoms with Crippen LogP contribution < -0.4 is 0 Å². The summed E-state index contributed by atoms with van der Waals surface area (Å²) < 4.78 is 0. The van der Waals surface area contributed by atoms with E-state index in [1.54, 1.807) is 42.5 Å². The van der Waals surface area contributed by atoms with Crippen LogP contribution in [0.2, 0.25) is 0 Å². The van der Waals surface area contributed by atoms with Crippen LogP contribution >= 0.6 is 0 Å². The number of fused-ring (bicyclic) bond motifs is 2. The van der Waals surface area contributed by atoms with Crippen LogP contribution in [0.3, 0.4) is 0 Å². The van der Waals surface area contributed by atoms with Crippen LogP contribution in [0, 0.1) is 0 Å². The largest absolute Gasteiger partial charge is 0.303 e. The Kier molecular flexibility index (Phi) is 3.72. The number of hydrogen-bond acceptors (Lipinski definition) is 3. The van der Waals surface area contributed by atoms with E-state index < -0.39 is 0 Å². The molecule has 3 heteroatoms. The first kappa shape index (κ1) is 14.4. The molecule has 0 amide bonds. The van der Waals surface area contributed by atoms with Crippen molar-refractivity contribution >= 4 is 17.9 Å². The third kappa shape index (κ3) is 2.10. The zero-order chi connectivity index (χ0) is 15.7. The summed E-state index contributed by atoms with van der Waals surface area (Å²) in [6, 6.07) is 12.1. The van der Waals surface area contributed by atoms with Crippen LogP contribution in [0.25, 0.3) is 0 Å². The summed E-state index contributed by atoms with van der Waals surface area (Å²) in [5, 5.41) is 0. The zero-order valence-electron chi connectivity index (χ0n) is 12.3. The average Bonchev–Trinajstić information content (AvgIpc) is 2.57. The molecule has 0 saturated heterocycles. The minimum atomic E-state index is -0.345. The molecule has 110 valence electrons. The van der Waals surface area contributed by atoms with E-state index >= 15 is 0 Å². The van der Waals surface area contributed by atoms with Crippen LogP contribution in [0.4, 0.5) is 0 Å². The van der Waals surface area contributed by atoms with Crippen molar-refractivity contribution in [1.29, 1.82) is 0 Å². The lowest BCUT2D eigenvalue weighted by molar-refractivity contribution is -0.109. The molecule has 0 radical (unpaired) electrons. The molecular formula is C19H16O3. The molecule has 0 bridgehead atoms. The van der Waals surface area contributed by atoms with Crippen molar-refractivity contribution in [3.8, 4) is 0 Å². The van der Waals surface area contributed by atoms with Gasteiger partial charge in [0.1, 0.15) is 6.29 Å².